The van der Waals surface area contributed by atoms with E-state index in [9.17, 15) is 0 Å². The van der Waals surface area contributed by atoms with E-state index >= 15 is 0 Å². The molecule has 84 valence electrons. The second kappa shape index (κ2) is 6.76. The predicted molar refractivity (Wildman–Crippen MR) is 60.0 cm³/mol. The van der Waals surface area contributed by atoms with E-state index in [0.717, 1.165) is 15.9 Å². The van der Waals surface area contributed by atoms with Crippen molar-refractivity contribution in [1.29, 1.82) is 0 Å². The summed E-state index contributed by atoms with van der Waals surface area (Å²) >= 11 is 3.33. The lowest BCUT2D eigenvalue weighted by atomic mass is 10.3. The lowest BCUT2D eigenvalue weighted by Crippen LogP contribution is -2.08. The van der Waals surface area contributed by atoms with Crippen LogP contribution < -0.4 is 4.74 Å². The molecule has 0 aliphatic heterocycles. The highest BCUT2D eigenvalue weighted by molar-refractivity contribution is 9.10. The second-order valence-electron chi connectivity index (χ2n) is 2.90. The maximum atomic E-state index is 5.39. The van der Waals surface area contributed by atoms with Crippen molar-refractivity contribution in [3.63, 3.8) is 0 Å². The molecule has 0 N–H and O–H groups in total. The standard InChI is InChI=1S/C10H14BrNO3/c1-8-10(5-9(11)6-12-8)15-7-14-4-3-13-2/h5-6H,3-4,7H2,1-2H3. The molecule has 0 atom stereocenters. The van der Waals surface area contributed by atoms with E-state index in [1.807, 2.05) is 13.0 Å². The average Bonchev–Trinajstić information content (AvgIpc) is 2.23. The monoisotopic (exact) mass is 275 g/mol. The molecule has 0 fully saturated rings. The van der Waals surface area contributed by atoms with Gasteiger partial charge in [-0.1, -0.05) is 0 Å². The smallest absolute Gasteiger partial charge is 0.189 e. The van der Waals surface area contributed by atoms with Crippen LogP contribution in [-0.2, 0) is 9.47 Å². The zero-order valence-electron chi connectivity index (χ0n) is 8.83. The van der Waals surface area contributed by atoms with Crippen molar-refractivity contribution in [3.8, 4) is 5.75 Å². The Labute approximate surface area is 97.7 Å². The van der Waals surface area contributed by atoms with E-state index in [-0.39, 0.29) is 6.79 Å². The zero-order valence-corrected chi connectivity index (χ0v) is 10.4. The van der Waals surface area contributed by atoms with Crippen molar-refractivity contribution in [2.24, 2.45) is 0 Å². The van der Waals surface area contributed by atoms with Crippen molar-refractivity contribution in [2.75, 3.05) is 27.1 Å². The zero-order chi connectivity index (χ0) is 11.1. The van der Waals surface area contributed by atoms with Crippen molar-refractivity contribution in [3.05, 3.63) is 22.4 Å². The van der Waals surface area contributed by atoms with Crippen molar-refractivity contribution >= 4 is 15.9 Å². The van der Waals surface area contributed by atoms with Gasteiger partial charge in [0.05, 0.1) is 18.9 Å². The van der Waals surface area contributed by atoms with Gasteiger partial charge in [-0.05, 0) is 28.9 Å². The van der Waals surface area contributed by atoms with Gasteiger partial charge in [0.25, 0.3) is 0 Å². The van der Waals surface area contributed by atoms with Gasteiger partial charge in [-0.3, -0.25) is 4.98 Å². The van der Waals surface area contributed by atoms with Crippen LogP contribution in [0.1, 0.15) is 5.69 Å². The molecular weight excluding hydrogens is 262 g/mol. The van der Waals surface area contributed by atoms with Crippen LogP contribution in [0, 0.1) is 6.92 Å². The van der Waals surface area contributed by atoms with Crippen LogP contribution in [0.15, 0.2) is 16.7 Å². The minimum absolute atomic E-state index is 0.211. The molecule has 0 unspecified atom stereocenters. The number of rotatable bonds is 6. The molecule has 15 heavy (non-hydrogen) atoms. The van der Waals surface area contributed by atoms with E-state index in [1.165, 1.54) is 0 Å². The first-order chi connectivity index (χ1) is 7.24. The van der Waals surface area contributed by atoms with Gasteiger partial charge in [0.15, 0.2) is 6.79 Å². The van der Waals surface area contributed by atoms with E-state index in [1.54, 1.807) is 13.3 Å². The van der Waals surface area contributed by atoms with Crippen molar-refractivity contribution < 1.29 is 14.2 Å². The Morgan fingerprint density at radius 3 is 2.93 bits per heavy atom. The van der Waals surface area contributed by atoms with Gasteiger partial charge < -0.3 is 14.2 Å². The lowest BCUT2D eigenvalue weighted by Gasteiger charge is -2.08. The number of aromatic nitrogens is 1. The molecule has 1 rings (SSSR count). The highest BCUT2D eigenvalue weighted by Gasteiger charge is 2.01. The second-order valence-corrected chi connectivity index (χ2v) is 3.82. The van der Waals surface area contributed by atoms with Crippen LogP contribution in [-0.4, -0.2) is 32.1 Å². The topological polar surface area (TPSA) is 40.6 Å². The third-order valence-electron chi connectivity index (χ3n) is 1.74. The van der Waals surface area contributed by atoms with Gasteiger partial charge in [-0.15, -0.1) is 0 Å². The Bertz CT molecular complexity index is 307. The number of ether oxygens (including phenoxy) is 3. The first kappa shape index (κ1) is 12.4. The van der Waals surface area contributed by atoms with Crippen LogP contribution in [0.5, 0.6) is 5.75 Å². The van der Waals surface area contributed by atoms with Gasteiger partial charge in [0, 0.05) is 17.8 Å². The summed E-state index contributed by atoms with van der Waals surface area (Å²) in [5, 5.41) is 0. The fraction of sp³-hybridized carbons (Fsp3) is 0.500. The quantitative estimate of drug-likeness (QED) is 0.589. The molecule has 0 aromatic carbocycles. The number of halogens is 1. The highest BCUT2D eigenvalue weighted by Crippen LogP contribution is 2.20. The third kappa shape index (κ3) is 4.59. The Hall–Kier alpha value is -0.650. The summed E-state index contributed by atoms with van der Waals surface area (Å²) < 4.78 is 16.3. The molecule has 1 aromatic heterocycles. The lowest BCUT2D eigenvalue weighted by molar-refractivity contribution is -0.00896. The van der Waals surface area contributed by atoms with Gasteiger partial charge in [-0.2, -0.15) is 0 Å². The van der Waals surface area contributed by atoms with Gasteiger partial charge >= 0.3 is 0 Å². The van der Waals surface area contributed by atoms with Gasteiger partial charge in [0.2, 0.25) is 0 Å². The summed E-state index contributed by atoms with van der Waals surface area (Å²) in [6, 6.07) is 1.86. The Morgan fingerprint density at radius 2 is 2.20 bits per heavy atom. The van der Waals surface area contributed by atoms with Crippen LogP contribution in [0.4, 0.5) is 0 Å². The molecular formula is C10H14BrNO3. The Kier molecular flexibility index (Phi) is 5.60. The normalized spacial score (nSPS) is 10.3. The summed E-state index contributed by atoms with van der Waals surface area (Å²) in [4.78, 5) is 4.14. The molecule has 0 aliphatic carbocycles. The summed E-state index contributed by atoms with van der Waals surface area (Å²) in [6.45, 7) is 3.19. The number of methoxy groups -OCH3 is 1. The maximum absolute atomic E-state index is 5.39. The minimum Gasteiger partial charge on any atom is -0.466 e. The molecule has 0 saturated carbocycles. The number of hydrogen-bond acceptors (Lipinski definition) is 4. The predicted octanol–water partition coefficient (Wildman–Crippen LogP) is 2.15. The molecule has 4 nitrogen and oxygen atoms in total. The highest BCUT2D eigenvalue weighted by atomic mass is 79.9. The number of aryl methyl sites for hydroxylation is 1. The number of nitrogens with zero attached hydrogens (tertiary/aromatic N) is 1. The van der Waals surface area contributed by atoms with Crippen LogP contribution in [0.3, 0.4) is 0 Å². The largest absolute Gasteiger partial charge is 0.466 e. The molecule has 1 aromatic rings. The van der Waals surface area contributed by atoms with Crippen LogP contribution in [0.25, 0.3) is 0 Å². The molecule has 0 radical (unpaired) electrons. The Morgan fingerprint density at radius 1 is 1.40 bits per heavy atom. The molecule has 0 bridgehead atoms. The third-order valence-corrected chi connectivity index (χ3v) is 2.17. The first-order valence-corrected chi connectivity index (χ1v) is 5.35. The maximum Gasteiger partial charge on any atom is 0.189 e. The van der Waals surface area contributed by atoms with E-state index < -0.39 is 0 Å². The molecule has 0 amide bonds. The average molecular weight is 276 g/mol. The fourth-order valence-corrected chi connectivity index (χ4v) is 1.25. The minimum atomic E-state index is 0.211. The SMILES string of the molecule is COCCOCOc1cc(Br)cnc1C. The summed E-state index contributed by atoms with van der Waals surface area (Å²) in [6.07, 6.45) is 1.73. The number of hydrogen-bond donors (Lipinski definition) is 0. The first-order valence-electron chi connectivity index (χ1n) is 4.55. The molecule has 0 spiro atoms. The fourth-order valence-electron chi connectivity index (χ4n) is 0.942. The Balaban J connectivity index is 2.33. The van der Waals surface area contributed by atoms with Crippen molar-refractivity contribution in [2.45, 2.75) is 6.92 Å². The van der Waals surface area contributed by atoms with E-state index in [2.05, 4.69) is 20.9 Å². The molecule has 5 heteroatoms. The number of pyridine rings is 1. The summed E-state index contributed by atoms with van der Waals surface area (Å²) in [7, 11) is 1.63. The molecule has 1 heterocycles. The summed E-state index contributed by atoms with van der Waals surface area (Å²) in [5.74, 6) is 0.724. The van der Waals surface area contributed by atoms with Gasteiger partial charge in [0.1, 0.15) is 5.75 Å². The molecule has 0 aliphatic rings. The van der Waals surface area contributed by atoms with E-state index in [4.69, 9.17) is 14.2 Å². The van der Waals surface area contributed by atoms with E-state index in [0.29, 0.717) is 13.2 Å². The van der Waals surface area contributed by atoms with Crippen LogP contribution in [0.2, 0.25) is 0 Å². The van der Waals surface area contributed by atoms with Gasteiger partial charge in [-0.25, -0.2) is 0 Å². The summed E-state index contributed by atoms with van der Waals surface area (Å²) in [5.41, 5.74) is 0.841. The molecule has 0 saturated heterocycles. The van der Waals surface area contributed by atoms with Crippen LogP contribution >= 0.6 is 15.9 Å². The van der Waals surface area contributed by atoms with Crippen molar-refractivity contribution in [1.82, 2.24) is 4.98 Å².